The van der Waals surface area contributed by atoms with E-state index in [1.165, 1.54) is 21.9 Å². The standard InChI is InChI=1S/C25H35N7O3/c1-27-22-21(23(33)28(2)25(27)34)32-14-7-6-12-31(24(32)26-22)13-8-11-29-15-17-30(18-16-29)19-9-4-5-10-20(19)35-3/h4-5,9-10H,6-8,11-18H2,1-3H3. The minimum Gasteiger partial charge on any atom is -0.495 e. The van der Waals surface area contributed by atoms with Crippen LogP contribution in [0.4, 0.5) is 11.6 Å². The molecule has 35 heavy (non-hydrogen) atoms. The number of piperazine rings is 1. The van der Waals surface area contributed by atoms with Crippen molar-refractivity contribution in [1.29, 1.82) is 0 Å². The van der Waals surface area contributed by atoms with E-state index >= 15 is 0 Å². The third-order valence-electron chi connectivity index (χ3n) is 7.37. The van der Waals surface area contributed by atoms with E-state index in [9.17, 15) is 9.59 Å². The summed E-state index contributed by atoms with van der Waals surface area (Å²) < 4.78 is 10.2. The van der Waals surface area contributed by atoms with Gasteiger partial charge in [-0.05, 0) is 37.9 Å². The molecule has 0 aliphatic carbocycles. The molecule has 0 N–H and O–H groups in total. The van der Waals surface area contributed by atoms with Gasteiger partial charge < -0.3 is 19.1 Å². The average molecular weight is 482 g/mol. The van der Waals surface area contributed by atoms with Crippen molar-refractivity contribution < 1.29 is 4.74 Å². The maximum absolute atomic E-state index is 12.9. The molecule has 188 valence electrons. The zero-order valence-corrected chi connectivity index (χ0v) is 20.9. The van der Waals surface area contributed by atoms with Gasteiger partial charge in [-0.1, -0.05) is 12.1 Å². The Labute approximate surface area is 204 Å². The van der Waals surface area contributed by atoms with E-state index in [1.54, 1.807) is 14.2 Å². The summed E-state index contributed by atoms with van der Waals surface area (Å²) in [5.41, 5.74) is 1.57. The number of aromatic nitrogens is 4. The summed E-state index contributed by atoms with van der Waals surface area (Å²) in [4.78, 5) is 37.3. The molecule has 1 aromatic carbocycles. The second-order valence-corrected chi connectivity index (χ2v) is 9.49. The number of ether oxygens (including phenoxy) is 1. The van der Waals surface area contributed by atoms with Gasteiger partial charge in [0, 0.05) is 59.9 Å². The third kappa shape index (κ3) is 4.31. The molecular weight excluding hydrogens is 446 g/mol. The van der Waals surface area contributed by atoms with Crippen LogP contribution in [0.2, 0.25) is 0 Å². The fraction of sp³-hybridized carbons (Fsp3) is 0.560. The first-order valence-corrected chi connectivity index (χ1v) is 12.5. The second kappa shape index (κ2) is 9.77. The van der Waals surface area contributed by atoms with Gasteiger partial charge in [0.1, 0.15) is 5.75 Å². The van der Waals surface area contributed by atoms with E-state index in [2.05, 4.69) is 26.8 Å². The summed E-state index contributed by atoms with van der Waals surface area (Å²) in [5, 5.41) is 0. The van der Waals surface area contributed by atoms with Crippen molar-refractivity contribution in [3.8, 4) is 5.75 Å². The fourth-order valence-corrected chi connectivity index (χ4v) is 5.36. The first-order chi connectivity index (χ1) is 17.0. The number of nitrogens with zero attached hydrogens (tertiary/aromatic N) is 7. The number of methoxy groups -OCH3 is 1. The quantitative estimate of drug-likeness (QED) is 0.524. The van der Waals surface area contributed by atoms with Crippen LogP contribution in [0.15, 0.2) is 33.9 Å². The minimum atomic E-state index is -0.338. The van der Waals surface area contributed by atoms with Crippen molar-refractivity contribution in [2.75, 3.05) is 62.7 Å². The van der Waals surface area contributed by atoms with E-state index < -0.39 is 0 Å². The Morgan fingerprint density at radius 2 is 1.66 bits per heavy atom. The van der Waals surface area contributed by atoms with Crippen molar-refractivity contribution in [2.45, 2.75) is 25.8 Å². The predicted molar refractivity (Wildman–Crippen MR) is 138 cm³/mol. The van der Waals surface area contributed by atoms with Gasteiger partial charge in [0.2, 0.25) is 5.95 Å². The third-order valence-corrected chi connectivity index (χ3v) is 7.37. The lowest BCUT2D eigenvalue weighted by Gasteiger charge is -2.37. The smallest absolute Gasteiger partial charge is 0.332 e. The van der Waals surface area contributed by atoms with Crippen molar-refractivity contribution in [3.63, 3.8) is 0 Å². The first-order valence-electron chi connectivity index (χ1n) is 12.5. The monoisotopic (exact) mass is 481 g/mol. The second-order valence-electron chi connectivity index (χ2n) is 9.49. The van der Waals surface area contributed by atoms with Gasteiger partial charge in [0.25, 0.3) is 5.56 Å². The van der Waals surface area contributed by atoms with Crippen LogP contribution in [-0.4, -0.2) is 76.5 Å². The molecule has 0 amide bonds. The molecule has 0 saturated carbocycles. The number of aryl methyl sites for hydroxylation is 2. The van der Waals surface area contributed by atoms with Gasteiger partial charge in [-0.3, -0.25) is 18.8 Å². The SMILES string of the molecule is COc1ccccc1N1CCN(CCCN2CCCCn3c2nc2c3c(=O)n(C)c(=O)n2C)CC1. The molecular formula is C25H35N7O3. The van der Waals surface area contributed by atoms with Gasteiger partial charge in [-0.2, -0.15) is 4.98 Å². The Morgan fingerprint density at radius 3 is 2.43 bits per heavy atom. The molecule has 0 unspecified atom stereocenters. The van der Waals surface area contributed by atoms with E-state index in [1.807, 2.05) is 16.7 Å². The number of hydrogen-bond donors (Lipinski definition) is 0. The molecule has 1 saturated heterocycles. The number of benzene rings is 1. The first kappa shape index (κ1) is 23.5. The highest BCUT2D eigenvalue weighted by atomic mass is 16.5. The Bertz CT molecular complexity index is 1320. The molecule has 10 nitrogen and oxygen atoms in total. The number of hydrogen-bond acceptors (Lipinski definition) is 7. The van der Waals surface area contributed by atoms with Crippen LogP contribution >= 0.6 is 0 Å². The summed E-state index contributed by atoms with van der Waals surface area (Å²) in [6.07, 6.45) is 3.08. The van der Waals surface area contributed by atoms with Crippen LogP contribution in [0, 0.1) is 0 Å². The zero-order chi connectivity index (χ0) is 24.5. The van der Waals surface area contributed by atoms with Gasteiger partial charge in [-0.25, -0.2) is 4.79 Å². The predicted octanol–water partition coefficient (Wildman–Crippen LogP) is 1.25. The Balaban J connectivity index is 1.25. The van der Waals surface area contributed by atoms with E-state index in [-0.39, 0.29) is 11.2 Å². The van der Waals surface area contributed by atoms with Crippen LogP contribution in [-0.2, 0) is 20.6 Å². The molecule has 2 aliphatic rings. The largest absolute Gasteiger partial charge is 0.495 e. The fourth-order valence-electron chi connectivity index (χ4n) is 5.36. The Morgan fingerprint density at radius 1 is 0.914 bits per heavy atom. The summed E-state index contributed by atoms with van der Waals surface area (Å²) in [6.45, 7) is 7.58. The van der Waals surface area contributed by atoms with Gasteiger partial charge in [-0.15, -0.1) is 0 Å². The molecule has 2 aromatic heterocycles. The van der Waals surface area contributed by atoms with Crippen LogP contribution < -0.4 is 25.8 Å². The van der Waals surface area contributed by atoms with Crippen LogP contribution in [0.3, 0.4) is 0 Å². The topological polar surface area (TPSA) is 80.8 Å². The molecule has 2 aliphatic heterocycles. The van der Waals surface area contributed by atoms with Gasteiger partial charge in [0.15, 0.2) is 11.2 Å². The minimum absolute atomic E-state index is 0.267. The van der Waals surface area contributed by atoms with Crippen molar-refractivity contribution in [3.05, 3.63) is 45.1 Å². The van der Waals surface area contributed by atoms with Crippen molar-refractivity contribution in [1.82, 2.24) is 23.6 Å². The highest BCUT2D eigenvalue weighted by Crippen LogP contribution is 2.28. The van der Waals surface area contributed by atoms with Gasteiger partial charge in [0.05, 0.1) is 12.8 Å². The number of anilines is 2. The molecule has 0 radical (unpaired) electrons. The Kier molecular flexibility index (Phi) is 6.55. The molecule has 10 heteroatoms. The maximum Gasteiger partial charge on any atom is 0.332 e. The summed E-state index contributed by atoms with van der Waals surface area (Å²) >= 11 is 0. The lowest BCUT2D eigenvalue weighted by Crippen LogP contribution is -2.47. The van der Waals surface area contributed by atoms with E-state index in [0.29, 0.717) is 11.2 Å². The Hall–Kier alpha value is -3.27. The number of rotatable bonds is 6. The van der Waals surface area contributed by atoms with E-state index in [0.717, 1.165) is 83.3 Å². The molecule has 5 rings (SSSR count). The maximum atomic E-state index is 12.9. The number of para-hydroxylation sites is 2. The molecule has 4 heterocycles. The molecule has 0 atom stereocenters. The summed E-state index contributed by atoms with van der Waals surface area (Å²) in [5.74, 6) is 1.74. The van der Waals surface area contributed by atoms with Crippen LogP contribution in [0.5, 0.6) is 5.75 Å². The molecule has 0 bridgehead atoms. The summed E-state index contributed by atoms with van der Waals surface area (Å²) in [7, 11) is 4.95. The van der Waals surface area contributed by atoms with Crippen molar-refractivity contribution in [2.24, 2.45) is 14.1 Å². The lowest BCUT2D eigenvalue weighted by atomic mass is 10.2. The normalized spacial score (nSPS) is 17.0. The highest BCUT2D eigenvalue weighted by molar-refractivity contribution is 5.74. The summed E-state index contributed by atoms with van der Waals surface area (Å²) in [6, 6.07) is 8.21. The van der Waals surface area contributed by atoms with Crippen LogP contribution in [0.25, 0.3) is 11.2 Å². The van der Waals surface area contributed by atoms with Crippen LogP contribution in [0.1, 0.15) is 19.3 Å². The van der Waals surface area contributed by atoms with Crippen molar-refractivity contribution >= 4 is 22.8 Å². The average Bonchev–Trinajstić information content (AvgIpc) is 3.16. The lowest BCUT2D eigenvalue weighted by molar-refractivity contribution is 0.255. The highest BCUT2D eigenvalue weighted by Gasteiger charge is 2.25. The zero-order valence-electron chi connectivity index (χ0n) is 20.9. The molecule has 3 aromatic rings. The van der Waals surface area contributed by atoms with Gasteiger partial charge >= 0.3 is 5.69 Å². The number of fused-ring (bicyclic) bond motifs is 3. The van der Waals surface area contributed by atoms with E-state index in [4.69, 9.17) is 9.72 Å². The molecule has 1 fully saturated rings. The number of imidazole rings is 1. The molecule has 0 spiro atoms.